The predicted octanol–water partition coefficient (Wildman–Crippen LogP) is 5.08. The fourth-order valence-electron chi connectivity index (χ4n) is 3.82. The van der Waals surface area contributed by atoms with Crippen LogP contribution in [0.2, 0.25) is 0 Å². The summed E-state index contributed by atoms with van der Waals surface area (Å²) in [5.74, 6) is 0.663. The number of rotatable bonds is 7. The van der Waals surface area contributed by atoms with Crippen LogP contribution in [0, 0.1) is 5.92 Å². The molecule has 1 aliphatic rings. The van der Waals surface area contributed by atoms with Crippen LogP contribution in [0.5, 0.6) is 5.75 Å². The molecule has 1 fully saturated rings. The second-order valence-electron chi connectivity index (χ2n) is 7.51. The van der Waals surface area contributed by atoms with E-state index in [0.717, 1.165) is 28.9 Å². The number of carbonyl (C=O) groups is 1. The molecule has 0 radical (unpaired) electrons. The summed E-state index contributed by atoms with van der Waals surface area (Å²) in [6, 6.07) is 16.1. The zero-order valence-electron chi connectivity index (χ0n) is 16.8. The SMILES string of the molecule is CCCOC(=O)C1CCC(O)(c2ccc(-c3ccc(OCC)cc3)cc2)CC1. The highest BCUT2D eigenvalue weighted by Gasteiger charge is 2.37. The van der Waals surface area contributed by atoms with E-state index in [4.69, 9.17) is 9.47 Å². The molecule has 0 amide bonds. The number of hydrogen-bond acceptors (Lipinski definition) is 4. The van der Waals surface area contributed by atoms with Crippen LogP contribution in [-0.4, -0.2) is 24.3 Å². The van der Waals surface area contributed by atoms with Gasteiger partial charge in [-0.15, -0.1) is 0 Å². The van der Waals surface area contributed by atoms with Crippen LogP contribution in [0.25, 0.3) is 11.1 Å². The minimum atomic E-state index is -0.862. The van der Waals surface area contributed by atoms with Crippen LogP contribution >= 0.6 is 0 Å². The van der Waals surface area contributed by atoms with Crippen LogP contribution in [0.1, 0.15) is 51.5 Å². The molecule has 3 rings (SSSR count). The van der Waals surface area contributed by atoms with Crippen molar-refractivity contribution < 1.29 is 19.4 Å². The smallest absolute Gasteiger partial charge is 0.308 e. The fourth-order valence-corrected chi connectivity index (χ4v) is 3.82. The second-order valence-corrected chi connectivity index (χ2v) is 7.51. The van der Waals surface area contributed by atoms with Crippen molar-refractivity contribution in [2.24, 2.45) is 5.92 Å². The number of carbonyl (C=O) groups excluding carboxylic acids is 1. The minimum absolute atomic E-state index is 0.0880. The van der Waals surface area contributed by atoms with Gasteiger partial charge in [0.1, 0.15) is 5.75 Å². The quantitative estimate of drug-likeness (QED) is 0.678. The van der Waals surface area contributed by atoms with Crippen LogP contribution in [0.15, 0.2) is 48.5 Å². The van der Waals surface area contributed by atoms with E-state index in [-0.39, 0.29) is 11.9 Å². The van der Waals surface area contributed by atoms with Gasteiger partial charge in [-0.05, 0) is 67.9 Å². The van der Waals surface area contributed by atoms with Crippen molar-refractivity contribution in [3.05, 3.63) is 54.1 Å². The average molecular weight is 383 g/mol. The molecule has 4 heteroatoms. The van der Waals surface area contributed by atoms with E-state index in [2.05, 4.69) is 0 Å². The first kappa shape index (κ1) is 20.4. The van der Waals surface area contributed by atoms with E-state index < -0.39 is 5.60 Å². The summed E-state index contributed by atoms with van der Waals surface area (Å²) in [4.78, 5) is 12.1. The average Bonchev–Trinajstić information content (AvgIpc) is 2.73. The van der Waals surface area contributed by atoms with Crippen molar-refractivity contribution in [3.8, 4) is 16.9 Å². The van der Waals surface area contributed by atoms with Gasteiger partial charge in [0, 0.05) is 0 Å². The summed E-state index contributed by atoms with van der Waals surface area (Å²) in [7, 11) is 0. The van der Waals surface area contributed by atoms with E-state index in [9.17, 15) is 9.90 Å². The van der Waals surface area contributed by atoms with Gasteiger partial charge in [0.15, 0.2) is 0 Å². The Balaban J connectivity index is 1.64. The number of aliphatic hydroxyl groups is 1. The Morgan fingerprint density at radius 3 is 2.11 bits per heavy atom. The van der Waals surface area contributed by atoms with Crippen LogP contribution in [-0.2, 0) is 15.1 Å². The van der Waals surface area contributed by atoms with E-state index in [1.54, 1.807) is 0 Å². The minimum Gasteiger partial charge on any atom is -0.494 e. The van der Waals surface area contributed by atoms with Crippen molar-refractivity contribution >= 4 is 5.97 Å². The molecule has 0 bridgehead atoms. The maximum absolute atomic E-state index is 12.1. The van der Waals surface area contributed by atoms with Crippen molar-refractivity contribution in [2.45, 2.75) is 51.6 Å². The van der Waals surface area contributed by atoms with Gasteiger partial charge in [0.25, 0.3) is 0 Å². The Morgan fingerprint density at radius 1 is 1.00 bits per heavy atom. The van der Waals surface area contributed by atoms with Gasteiger partial charge >= 0.3 is 5.97 Å². The Bertz CT molecular complexity index is 756. The summed E-state index contributed by atoms with van der Waals surface area (Å²) in [6.45, 7) is 5.10. The number of benzene rings is 2. The molecule has 0 unspecified atom stereocenters. The standard InChI is InChI=1S/C24H30O4/c1-3-17-28-23(25)20-13-15-24(26,16-14-20)21-9-5-18(6-10-21)19-7-11-22(12-8-19)27-4-2/h5-12,20,26H,3-4,13-17H2,1-2H3. The topological polar surface area (TPSA) is 55.8 Å². The molecule has 0 aliphatic heterocycles. The summed E-state index contributed by atoms with van der Waals surface area (Å²) >= 11 is 0. The van der Waals surface area contributed by atoms with Gasteiger partial charge in [-0.25, -0.2) is 0 Å². The van der Waals surface area contributed by atoms with Crippen molar-refractivity contribution in [1.82, 2.24) is 0 Å². The van der Waals surface area contributed by atoms with Gasteiger partial charge in [0.05, 0.1) is 24.7 Å². The summed E-state index contributed by atoms with van der Waals surface area (Å²) < 4.78 is 10.8. The van der Waals surface area contributed by atoms with Crippen LogP contribution in [0.3, 0.4) is 0 Å². The lowest BCUT2D eigenvalue weighted by Gasteiger charge is -2.35. The Kier molecular flexibility index (Phi) is 6.74. The van der Waals surface area contributed by atoms with E-state index in [0.29, 0.717) is 38.9 Å². The van der Waals surface area contributed by atoms with Gasteiger partial charge in [-0.1, -0.05) is 43.3 Å². The summed E-state index contributed by atoms with van der Waals surface area (Å²) in [5.41, 5.74) is 2.28. The molecule has 0 aromatic heterocycles. The van der Waals surface area contributed by atoms with Crippen LogP contribution < -0.4 is 4.74 Å². The lowest BCUT2D eigenvalue weighted by atomic mass is 9.75. The third-order valence-corrected chi connectivity index (χ3v) is 5.52. The first-order valence-corrected chi connectivity index (χ1v) is 10.3. The highest BCUT2D eigenvalue weighted by Crippen LogP contribution is 2.40. The molecule has 0 saturated heterocycles. The first-order chi connectivity index (χ1) is 13.6. The maximum Gasteiger partial charge on any atom is 0.308 e. The third kappa shape index (κ3) is 4.74. The van der Waals surface area contributed by atoms with Crippen molar-refractivity contribution in [2.75, 3.05) is 13.2 Å². The van der Waals surface area contributed by atoms with Crippen molar-refractivity contribution in [1.29, 1.82) is 0 Å². The maximum atomic E-state index is 12.1. The number of hydrogen-bond donors (Lipinski definition) is 1. The molecule has 2 aromatic rings. The van der Waals surface area contributed by atoms with Crippen LogP contribution in [0.4, 0.5) is 0 Å². The Morgan fingerprint density at radius 2 is 1.57 bits per heavy atom. The van der Waals surface area contributed by atoms with Gasteiger partial charge in [-0.3, -0.25) is 4.79 Å². The molecule has 0 atom stereocenters. The molecule has 1 aliphatic carbocycles. The lowest BCUT2D eigenvalue weighted by Crippen LogP contribution is -2.34. The fraction of sp³-hybridized carbons (Fsp3) is 0.458. The normalized spacial score (nSPS) is 21.9. The monoisotopic (exact) mass is 382 g/mol. The first-order valence-electron chi connectivity index (χ1n) is 10.3. The molecular weight excluding hydrogens is 352 g/mol. The summed E-state index contributed by atoms with van der Waals surface area (Å²) in [6.07, 6.45) is 3.34. The number of ether oxygens (including phenoxy) is 2. The predicted molar refractivity (Wildman–Crippen MR) is 110 cm³/mol. The van der Waals surface area contributed by atoms with E-state index in [1.165, 1.54) is 0 Å². The van der Waals surface area contributed by atoms with E-state index >= 15 is 0 Å². The third-order valence-electron chi connectivity index (χ3n) is 5.52. The van der Waals surface area contributed by atoms with E-state index in [1.807, 2.05) is 62.4 Å². The van der Waals surface area contributed by atoms with Crippen molar-refractivity contribution in [3.63, 3.8) is 0 Å². The zero-order valence-corrected chi connectivity index (χ0v) is 16.8. The molecule has 1 saturated carbocycles. The molecule has 2 aromatic carbocycles. The molecule has 28 heavy (non-hydrogen) atoms. The molecular formula is C24H30O4. The largest absolute Gasteiger partial charge is 0.494 e. The molecule has 4 nitrogen and oxygen atoms in total. The highest BCUT2D eigenvalue weighted by molar-refractivity contribution is 5.72. The van der Waals surface area contributed by atoms with Gasteiger partial charge < -0.3 is 14.6 Å². The van der Waals surface area contributed by atoms with Gasteiger partial charge in [0.2, 0.25) is 0 Å². The molecule has 0 heterocycles. The number of esters is 1. The molecule has 1 N–H and O–H groups in total. The summed E-state index contributed by atoms with van der Waals surface area (Å²) in [5, 5.41) is 11.1. The van der Waals surface area contributed by atoms with Gasteiger partial charge in [-0.2, -0.15) is 0 Å². The second kappa shape index (κ2) is 9.24. The molecule has 150 valence electrons. The zero-order chi connectivity index (χ0) is 20.0. The Labute approximate surface area is 167 Å². The Hall–Kier alpha value is -2.33. The lowest BCUT2D eigenvalue weighted by molar-refractivity contribution is -0.151. The highest BCUT2D eigenvalue weighted by atomic mass is 16.5. The molecule has 0 spiro atoms.